The first-order valence-electron chi connectivity index (χ1n) is 11.6. The number of anilines is 2. The fourth-order valence-corrected chi connectivity index (χ4v) is 5.71. The van der Waals surface area contributed by atoms with E-state index in [-0.39, 0.29) is 9.79 Å². The first-order chi connectivity index (χ1) is 17.7. The standard InChI is InChI=1S/C28H27N3O4S2/c1-3-22-14-18-25(19-15-22)37(34,35)31-28-11-7-6-10-27(28)29-20-23-8-4-5-9-26(23)30-36(32,33)24-16-12-21(2)13-17-24/h4-20,30-31H,3H2,1-2H3. The molecule has 0 spiro atoms. The zero-order chi connectivity index (χ0) is 26.5. The van der Waals surface area contributed by atoms with Gasteiger partial charge in [0.2, 0.25) is 0 Å². The van der Waals surface area contributed by atoms with E-state index in [1.165, 1.54) is 6.21 Å². The summed E-state index contributed by atoms with van der Waals surface area (Å²) in [6.07, 6.45) is 2.31. The van der Waals surface area contributed by atoms with Crippen molar-refractivity contribution < 1.29 is 16.8 Å². The van der Waals surface area contributed by atoms with Gasteiger partial charge in [-0.25, -0.2) is 16.8 Å². The molecule has 0 unspecified atom stereocenters. The molecule has 0 heterocycles. The number of benzene rings is 4. The second kappa shape index (κ2) is 11.0. The van der Waals surface area contributed by atoms with E-state index in [2.05, 4.69) is 14.4 Å². The minimum atomic E-state index is -3.83. The highest BCUT2D eigenvalue weighted by Crippen LogP contribution is 2.28. The van der Waals surface area contributed by atoms with Crippen molar-refractivity contribution in [1.82, 2.24) is 0 Å². The maximum Gasteiger partial charge on any atom is 0.261 e. The summed E-state index contributed by atoms with van der Waals surface area (Å²) in [5.41, 5.74) is 3.55. The Labute approximate surface area is 218 Å². The van der Waals surface area contributed by atoms with Crippen molar-refractivity contribution in [2.24, 2.45) is 4.99 Å². The molecule has 0 saturated heterocycles. The largest absolute Gasteiger partial charge is 0.279 e. The summed E-state index contributed by atoms with van der Waals surface area (Å²) in [5, 5.41) is 0. The third-order valence-electron chi connectivity index (χ3n) is 5.67. The van der Waals surface area contributed by atoms with Gasteiger partial charge in [-0.3, -0.25) is 14.4 Å². The van der Waals surface area contributed by atoms with Gasteiger partial charge in [-0.2, -0.15) is 0 Å². The maximum atomic E-state index is 13.0. The van der Waals surface area contributed by atoms with Gasteiger partial charge in [-0.05, 0) is 61.4 Å². The van der Waals surface area contributed by atoms with Crippen molar-refractivity contribution in [1.29, 1.82) is 0 Å². The predicted molar refractivity (Wildman–Crippen MR) is 149 cm³/mol. The molecule has 0 amide bonds. The molecule has 4 rings (SSSR count). The Bertz CT molecular complexity index is 1630. The van der Waals surface area contributed by atoms with Crippen LogP contribution in [0, 0.1) is 6.92 Å². The number of rotatable bonds is 9. The van der Waals surface area contributed by atoms with E-state index in [1.807, 2.05) is 13.8 Å². The smallest absolute Gasteiger partial charge is 0.261 e. The van der Waals surface area contributed by atoms with Crippen LogP contribution in [0.25, 0.3) is 0 Å². The summed E-state index contributed by atoms with van der Waals surface area (Å²) in [5.74, 6) is 0. The molecule has 9 heteroatoms. The van der Waals surface area contributed by atoms with Gasteiger partial charge in [0, 0.05) is 11.8 Å². The summed E-state index contributed by atoms with van der Waals surface area (Å²) in [7, 11) is -7.63. The summed E-state index contributed by atoms with van der Waals surface area (Å²) in [6.45, 7) is 3.89. The van der Waals surface area contributed by atoms with Gasteiger partial charge in [-0.1, -0.05) is 67.1 Å². The van der Waals surface area contributed by atoms with Gasteiger partial charge in [0.15, 0.2) is 0 Å². The van der Waals surface area contributed by atoms with Crippen molar-refractivity contribution in [3.8, 4) is 0 Å². The Hall–Kier alpha value is -3.95. The molecule has 190 valence electrons. The van der Waals surface area contributed by atoms with Crippen molar-refractivity contribution in [3.05, 3.63) is 114 Å². The maximum absolute atomic E-state index is 13.0. The lowest BCUT2D eigenvalue weighted by atomic mass is 10.2. The van der Waals surface area contributed by atoms with Gasteiger partial charge in [0.25, 0.3) is 20.0 Å². The topological polar surface area (TPSA) is 105 Å². The highest BCUT2D eigenvalue weighted by molar-refractivity contribution is 7.93. The summed E-state index contributed by atoms with van der Waals surface area (Å²) < 4.78 is 56.9. The molecule has 0 saturated carbocycles. The summed E-state index contributed by atoms with van der Waals surface area (Å²) >= 11 is 0. The molecule has 0 aliphatic heterocycles. The van der Waals surface area contributed by atoms with E-state index in [9.17, 15) is 16.8 Å². The molecule has 0 aromatic heterocycles. The monoisotopic (exact) mass is 533 g/mol. The van der Waals surface area contributed by atoms with E-state index in [0.717, 1.165) is 17.5 Å². The molecule has 0 bridgehead atoms. The zero-order valence-electron chi connectivity index (χ0n) is 20.4. The van der Waals surface area contributed by atoms with E-state index in [4.69, 9.17) is 0 Å². The number of aryl methyl sites for hydroxylation is 2. The number of para-hydroxylation sites is 3. The number of sulfonamides is 2. The second-order valence-electron chi connectivity index (χ2n) is 8.38. The Morgan fingerprint density at radius 2 is 1.19 bits per heavy atom. The lowest BCUT2D eigenvalue weighted by Gasteiger charge is -2.12. The van der Waals surface area contributed by atoms with E-state index in [1.54, 1.807) is 97.1 Å². The minimum Gasteiger partial charge on any atom is -0.279 e. The van der Waals surface area contributed by atoms with E-state index >= 15 is 0 Å². The molecule has 0 radical (unpaired) electrons. The average molecular weight is 534 g/mol. The predicted octanol–water partition coefficient (Wildman–Crippen LogP) is 5.91. The molecule has 0 fully saturated rings. The molecule has 4 aromatic rings. The molecule has 0 aliphatic rings. The third kappa shape index (κ3) is 6.44. The van der Waals surface area contributed by atoms with Crippen LogP contribution < -0.4 is 9.44 Å². The summed E-state index contributed by atoms with van der Waals surface area (Å²) in [4.78, 5) is 4.77. The van der Waals surface area contributed by atoms with E-state index < -0.39 is 20.0 Å². The molecule has 0 aliphatic carbocycles. The van der Waals surface area contributed by atoms with Crippen LogP contribution in [0.15, 0.2) is 112 Å². The van der Waals surface area contributed by atoms with Crippen LogP contribution in [0.2, 0.25) is 0 Å². The molecule has 4 aromatic carbocycles. The summed E-state index contributed by atoms with van der Waals surface area (Å²) in [6, 6.07) is 26.9. The zero-order valence-corrected chi connectivity index (χ0v) is 22.1. The normalized spacial score (nSPS) is 11.9. The Morgan fingerprint density at radius 3 is 1.81 bits per heavy atom. The van der Waals surface area contributed by atoms with Crippen LogP contribution in [0.5, 0.6) is 0 Å². The van der Waals surface area contributed by atoms with Crippen LogP contribution in [-0.4, -0.2) is 23.1 Å². The van der Waals surface area contributed by atoms with Crippen molar-refractivity contribution in [3.63, 3.8) is 0 Å². The Kier molecular flexibility index (Phi) is 7.75. The Balaban J connectivity index is 1.59. The number of aliphatic imine (C=N–C) groups is 1. The first kappa shape index (κ1) is 26.1. The van der Waals surface area contributed by atoms with Crippen LogP contribution in [0.3, 0.4) is 0 Å². The van der Waals surface area contributed by atoms with Crippen LogP contribution in [0.4, 0.5) is 17.1 Å². The molecular weight excluding hydrogens is 506 g/mol. The van der Waals surface area contributed by atoms with Crippen LogP contribution >= 0.6 is 0 Å². The fraction of sp³-hybridized carbons (Fsp3) is 0.107. The number of hydrogen-bond donors (Lipinski definition) is 2. The third-order valence-corrected chi connectivity index (χ3v) is 8.43. The van der Waals surface area contributed by atoms with Crippen molar-refractivity contribution in [2.75, 3.05) is 9.44 Å². The van der Waals surface area contributed by atoms with Crippen LogP contribution in [-0.2, 0) is 26.5 Å². The van der Waals surface area contributed by atoms with Gasteiger partial charge in [-0.15, -0.1) is 0 Å². The van der Waals surface area contributed by atoms with Gasteiger partial charge in [0.05, 0.1) is 26.9 Å². The first-order valence-corrected chi connectivity index (χ1v) is 14.6. The second-order valence-corrected chi connectivity index (χ2v) is 11.7. The number of nitrogens with zero attached hydrogens (tertiary/aromatic N) is 1. The van der Waals surface area contributed by atoms with Gasteiger partial charge < -0.3 is 0 Å². The SMILES string of the molecule is CCc1ccc(S(=O)(=O)Nc2ccccc2N=Cc2ccccc2NS(=O)(=O)c2ccc(C)cc2)cc1. The molecule has 2 N–H and O–H groups in total. The van der Waals surface area contributed by atoms with Gasteiger partial charge >= 0.3 is 0 Å². The molecule has 0 atom stereocenters. The highest BCUT2D eigenvalue weighted by atomic mass is 32.2. The number of hydrogen-bond acceptors (Lipinski definition) is 5. The molecule has 37 heavy (non-hydrogen) atoms. The van der Waals surface area contributed by atoms with Crippen molar-refractivity contribution in [2.45, 2.75) is 30.1 Å². The quantitative estimate of drug-likeness (QED) is 0.261. The highest BCUT2D eigenvalue weighted by Gasteiger charge is 2.17. The molecule has 7 nitrogen and oxygen atoms in total. The fourth-order valence-electron chi connectivity index (χ4n) is 3.54. The minimum absolute atomic E-state index is 0.150. The molecular formula is C28H27N3O4S2. The lowest BCUT2D eigenvalue weighted by Crippen LogP contribution is -2.14. The Morgan fingerprint density at radius 1 is 0.676 bits per heavy atom. The lowest BCUT2D eigenvalue weighted by molar-refractivity contribution is 0.599. The average Bonchev–Trinajstić information content (AvgIpc) is 2.89. The number of nitrogens with one attached hydrogen (secondary N) is 2. The van der Waals surface area contributed by atoms with Crippen LogP contribution in [0.1, 0.15) is 23.6 Å². The van der Waals surface area contributed by atoms with E-state index in [0.29, 0.717) is 22.6 Å². The van der Waals surface area contributed by atoms with Crippen molar-refractivity contribution >= 4 is 43.3 Å². The van der Waals surface area contributed by atoms with Gasteiger partial charge in [0.1, 0.15) is 0 Å².